The van der Waals surface area contributed by atoms with Gasteiger partial charge in [0.15, 0.2) is 6.10 Å². The first-order valence-electron chi connectivity index (χ1n) is 12.2. The summed E-state index contributed by atoms with van der Waals surface area (Å²) < 4.78 is 11.6. The number of ether oxygens (including phenoxy) is 2. The van der Waals surface area contributed by atoms with Crippen LogP contribution < -0.4 is 16.4 Å². The number of benzene rings is 3. The maximum Gasteiger partial charge on any atom is 0.414 e. The van der Waals surface area contributed by atoms with E-state index < -0.39 is 24.2 Å². The van der Waals surface area contributed by atoms with Crippen LogP contribution in [0.15, 0.2) is 91.0 Å². The Bertz CT molecular complexity index is 1240. The number of para-hydroxylation sites is 2. The third-order valence-corrected chi connectivity index (χ3v) is 5.53. The lowest BCUT2D eigenvalue weighted by Gasteiger charge is -2.27. The van der Waals surface area contributed by atoms with Crippen LogP contribution in [0.4, 0.5) is 16.2 Å². The van der Waals surface area contributed by atoms with Crippen molar-refractivity contribution in [1.29, 1.82) is 0 Å². The van der Waals surface area contributed by atoms with E-state index in [0.717, 1.165) is 0 Å². The Morgan fingerprint density at radius 3 is 2.34 bits per heavy atom. The van der Waals surface area contributed by atoms with E-state index in [1.165, 1.54) is 18.2 Å². The topological polar surface area (TPSA) is 140 Å². The molecule has 0 aliphatic carbocycles. The van der Waals surface area contributed by atoms with Crippen molar-refractivity contribution in [2.45, 2.75) is 32.0 Å². The molecule has 0 heterocycles. The Labute approximate surface area is 221 Å². The van der Waals surface area contributed by atoms with E-state index in [4.69, 9.17) is 15.2 Å². The van der Waals surface area contributed by atoms with Gasteiger partial charge in [0.25, 0.3) is 5.91 Å². The molecule has 0 aromatic heterocycles. The molecule has 0 saturated heterocycles. The second-order valence-corrected chi connectivity index (χ2v) is 8.29. The molecule has 9 heteroatoms. The number of nitrogens with two attached hydrogens (primary N) is 1. The van der Waals surface area contributed by atoms with Crippen molar-refractivity contribution in [3.63, 3.8) is 0 Å². The van der Waals surface area contributed by atoms with E-state index in [2.05, 4.69) is 10.6 Å². The number of alkyl carbamates (subject to hydrolysis) is 1. The molecule has 2 atom stereocenters. The predicted octanol–water partition coefficient (Wildman–Crippen LogP) is 4.96. The third-order valence-electron chi connectivity index (χ3n) is 5.53. The summed E-state index contributed by atoms with van der Waals surface area (Å²) in [7, 11) is 0. The summed E-state index contributed by atoms with van der Waals surface area (Å²) >= 11 is 0. The normalized spacial score (nSPS) is 12.4. The van der Waals surface area contributed by atoms with E-state index >= 15 is 0 Å². The molecule has 0 saturated carbocycles. The molecule has 3 rings (SSSR count). The number of carbonyl (C=O) groups excluding carboxylic acids is 3. The van der Waals surface area contributed by atoms with Gasteiger partial charge in [0.05, 0.1) is 17.5 Å². The van der Waals surface area contributed by atoms with Crippen LogP contribution in [0.5, 0.6) is 5.75 Å². The van der Waals surface area contributed by atoms with Crippen molar-refractivity contribution in [3.05, 3.63) is 102 Å². The number of nitrogen functional groups attached to an aromatic ring is 1. The van der Waals surface area contributed by atoms with Gasteiger partial charge in [-0.15, -0.1) is 0 Å². The molecule has 0 aliphatic heterocycles. The summed E-state index contributed by atoms with van der Waals surface area (Å²) in [6.45, 7) is 2.15. The van der Waals surface area contributed by atoms with Crippen LogP contribution in [-0.2, 0) is 14.3 Å². The van der Waals surface area contributed by atoms with Crippen molar-refractivity contribution in [2.75, 3.05) is 17.7 Å². The highest BCUT2D eigenvalue weighted by Gasteiger charge is 2.28. The van der Waals surface area contributed by atoms with Crippen LogP contribution in [-0.4, -0.2) is 35.7 Å². The van der Waals surface area contributed by atoms with Gasteiger partial charge in [-0.3, -0.25) is 14.9 Å². The van der Waals surface area contributed by atoms with Gasteiger partial charge in [0.2, 0.25) is 5.91 Å². The Hall–Kier alpha value is -4.63. The average Bonchev–Trinajstić information content (AvgIpc) is 2.91. The molecule has 38 heavy (non-hydrogen) atoms. The molecule has 0 unspecified atom stereocenters. The lowest BCUT2D eigenvalue weighted by molar-refractivity contribution is -0.111. The lowest BCUT2D eigenvalue weighted by Crippen LogP contribution is -2.35. The van der Waals surface area contributed by atoms with E-state index in [1.54, 1.807) is 72.8 Å². The largest absolute Gasteiger partial charge is 0.508 e. The van der Waals surface area contributed by atoms with Crippen molar-refractivity contribution in [1.82, 2.24) is 5.32 Å². The van der Waals surface area contributed by atoms with Gasteiger partial charge < -0.3 is 25.6 Å². The smallest absolute Gasteiger partial charge is 0.414 e. The highest BCUT2D eigenvalue weighted by molar-refractivity contribution is 6.03. The summed E-state index contributed by atoms with van der Waals surface area (Å²) in [5.74, 6) is -0.876. The van der Waals surface area contributed by atoms with Crippen LogP contribution in [0, 0.1) is 0 Å². The van der Waals surface area contributed by atoms with Gasteiger partial charge >= 0.3 is 6.09 Å². The maximum absolute atomic E-state index is 12.7. The van der Waals surface area contributed by atoms with Crippen LogP contribution in [0.2, 0.25) is 0 Å². The predicted molar refractivity (Wildman–Crippen MR) is 145 cm³/mol. The molecule has 3 aromatic rings. The second kappa shape index (κ2) is 14.2. The molecule has 0 aliphatic rings. The zero-order valence-corrected chi connectivity index (χ0v) is 21.0. The molecule has 0 radical (unpaired) electrons. The van der Waals surface area contributed by atoms with Gasteiger partial charge in [-0.25, -0.2) is 4.79 Å². The molecular weight excluding hydrogens is 486 g/mol. The van der Waals surface area contributed by atoms with Crippen LogP contribution in [0.1, 0.15) is 41.8 Å². The number of phenolic OH excluding ortho intramolecular Hbond substituents is 1. The number of rotatable bonds is 11. The molecule has 9 nitrogen and oxygen atoms in total. The van der Waals surface area contributed by atoms with Crippen molar-refractivity contribution < 1.29 is 29.0 Å². The molecule has 0 fully saturated rings. The summed E-state index contributed by atoms with van der Waals surface area (Å²) in [5, 5.41) is 14.7. The fourth-order valence-electron chi connectivity index (χ4n) is 3.69. The van der Waals surface area contributed by atoms with Crippen LogP contribution >= 0.6 is 0 Å². The SMILES string of the molecule is CCO[C@@H](CC/C=C/C(=O)Nc1ccccc1N)[C@@H](OC(=O)NC(=O)c1ccccc1)c1ccc(O)cc1. The lowest BCUT2D eigenvalue weighted by atomic mass is 10.00. The molecule has 3 aromatic carbocycles. The number of hydrogen-bond acceptors (Lipinski definition) is 7. The van der Waals surface area contributed by atoms with Gasteiger partial charge in [0, 0.05) is 12.2 Å². The highest BCUT2D eigenvalue weighted by Crippen LogP contribution is 2.28. The summed E-state index contributed by atoms with van der Waals surface area (Å²) in [4.78, 5) is 37.3. The maximum atomic E-state index is 12.7. The van der Waals surface area contributed by atoms with E-state index in [9.17, 15) is 19.5 Å². The Morgan fingerprint density at radius 1 is 0.974 bits per heavy atom. The Kier molecular flexibility index (Phi) is 10.4. The number of nitrogens with one attached hydrogen (secondary N) is 2. The first kappa shape index (κ1) is 27.9. The van der Waals surface area contributed by atoms with E-state index in [0.29, 0.717) is 42.0 Å². The van der Waals surface area contributed by atoms with Crippen LogP contribution in [0.25, 0.3) is 0 Å². The summed E-state index contributed by atoms with van der Waals surface area (Å²) in [6, 6.07) is 21.4. The van der Waals surface area contributed by atoms with Gasteiger partial charge in [-0.05, 0) is 67.8 Å². The quantitative estimate of drug-likeness (QED) is 0.208. The molecule has 198 valence electrons. The number of carbonyl (C=O) groups is 3. The zero-order chi connectivity index (χ0) is 27.3. The monoisotopic (exact) mass is 517 g/mol. The third kappa shape index (κ3) is 8.49. The number of hydrogen-bond donors (Lipinski definition) is 4. The number of anilines is 2. The Balaban J connectivity index is 1.68. The molecular formula is C29H31N3O6. The minimum absolute atomic E-state index is 0.0529. The standard InChI is InChI=1S/C29H31N3O6/c1-2-37-25(14-8-9-15-26(34)31-24-13-7-6-12-23(24)30)27(20-16-18-22(33)19-17-20)38-29(36)32-28(35)21-10-4-3-5-11-21/h3-7,9-13,15-19,25,27,33H,2,8,14,30H2,1H3,(H,31,34)(H,32,35,36)/b15-9+/t25-,27-/m0/s1. The van der Waals surface area contributed by atoms with Crippen LogP contribution in [0.3, 0.4) is 0 Å². The van der Waals surface area contributed by atoms with Gasteiger partial charge in [-0.2, -0.15) is 0 Å². The second-order valence-electron chi connectivity index (χ2n) is 8.29. The molecule has 0 bridgehead atoms. The molecule has 0 spiro atoms. The number of phenols is 1. The number of amides is 3. The summed E-state index contributed by atoms with van der Waals surface area (Å²) in [5.41, 5.74) is 7.73. The van der Waals surface area contributed by atoms with Gasteiger partial charge in [0.1, 0.15) is 5.75 Å². The first-order chi connectivity index (χ1) is 18.4. The van der Waals surface area contributed by atoms with Crippen molar-refractivity contribution >= 4 is 29.3 Å². The number of allylic oxidation sites excluding steroid dienone is 1. The summed E-state index contributed by atoms with van der Waals surface area (Å²) in [6.07, 6.45) is 1.51. The van der Waals surface area contributed by atoms with E-state index in [-0.39, 0.29) is 11.7 Å². The highest BCUT2D eigenvalue weighted by atomic mass is 16.6. The zero-order valence-electron chi connectivity index (χ0n) is 21.0. The van der Waals surface area contributed by atoms with E-state index in [1.807, 2.05) is 6.92 Å². The molecule has 3 amide bonds. The minimum Gasteiger partial charge on any atom is -0.508 e. The Morgan fingerprint density at radius 2 is 1.66 bits per heavy atom. The average molecular weight is 518 g/mol. The minimum atomic E-state index is -0.933. The fraction of sp³-hybridized carbons (Fsp3) is 0.207. The number of aromatic hydroxyl groups is 1. The van der Waals surface area contributed by atoms with Crippen molar-refractivity contribution in [2.24, 2.45) is 0 Å². The fourth-order valence-corrected chi connectivity index (χ4v) is 3.69. The van der Waals surface area contributed by atoms with Crippen molar-refractivity contribution in [3.8, 4) is 5.75 Å². The van der Waals surface area contributed by atoms with Gasteiger partial charge in [-0.1, -0.05) is 48.5 Å². The number of imide groups is 1. The first-order valence-corrected chi connectivity index (χ1v) is 12.2. The molecule has 5 N–H and O–H groups in total.